The van der Waals surface area contributed by atoms with Crippen LogP contribution in [0, 0.1) is 11.3 Å². The number of carbonyl (C=O) groups is 1. The molecule has 0 saturated carbocycles. The third-order valence-electron chi connectivity index (χ3n) is 3.01. The summed E-state index contributed by atoms with van der Waals surface area (Å²) in [5.74, 6) is -0.271. The maximum Gasteiger partial charge on any atom is 0.243 e. The third kappa shape index (κ3) is 4.83. The molecule has 1 amide bonds. The maximum atomic E-state index is 11.9. The molecule has 0 radical (unpaired) electrons. The van der Waals surface area contributed by atoms with Crippen molar-refractivity contribution in [3.8, 4) is 6.07 Å². The number of anilines is 2. The van der Waals surface area contributed by atoms with Crippen LogP contribution in [0.25, 0.3) is 0 Å². The first-order chi connectivity index (χ1) is 10.9. The minimum atomic E-state index is -3.23. The van der Waals surface area contributed by atoms with Gasteiger partial charge < -0.3 is 10.6 Å². The Kier molecular flexibility index (Phi) is 4.98. The third-order valence-corrected chi connectivity index (χ3v) is 4.14. The van der Waals surface area contributed by atoms with Crippen molar-refractivity contribution >= 4 is 27.1 Å². The number of nitrogens with zero attached hydrogens (tertiary/aromatic N) is 1. The van der Waals surface area contributed by atoms with E-state index in [1.807, 2.05) is 6.07 Å². The fourth-order valence-electron chi connectivity index (χ4n) is 1.87. The molecular weight excluding hydrogens is 314 g/mol. The van der Waals surface area contributed by atoms with Crippen LogP contribution >= 0.6 is 0 Å². The molecule has 0 aliphatic carbocycles. The summed E-state index contributed by atoms with van der Waals surface area (Å²) in [6.45, 7) is 0.0228. The first-order valence-corrected chi connectivity index (χ1v) is 8.61. The summed E-state index contributed by atoms with van der Waals surface area (Å²) in [5.41, 5.74) is 1.65. The van der Waals surface area contributed by atoms with Gasteiger partial charge in [-0.1, -0.05) is 6.07 Å². The topological polar surface area (TPSA) is 99.1 Å². The molecule has 23 heavy (non-hydrogen) atoms. The lowest BCUT2D eigenvalue weighted by Crippen LogP contribution is -2.21. The lowest BCUT2D eigenvalue weighted by molar-refractivity contribution is -0.114. The fourth-order valence-corrected chi connectivity index (χ4v) is 2.50. The number of sulfone groups is 1. The van der Waals surface area contributed by atoms with Crippen LogP contribution in [-0.4, -0.2) is 27.1 Å². The van der Waals surface area contributed by atoms with Gasteiger partial charge >= 0.3 is 0 Å². The zero-order valence-electron chi connectivity index (χ0n) is 12.4. The van der Waals surface area contributed by atoms with Crippen molar-refractivity contribution in [3.63, 3.8) is 0 Å². The highest BCUT2D eigenvalue weighted by Crippen LogP contribution is 2.14. The van der Waals surface area contributed by atoms with E-state index in [4.69, 9.17) is 5.26 Å². The van der Waals surface area contributed by atoms with Gasteiger partial charge in [-0.05, 0) is 42.5 Å². The van der Waals surface area contributed by atoms with Gasteiger partial charge in [-0.3, -0.25) is 4.79 Å². The molecule has 2 rings (SSSR count). The second-order valence-electron chi connectivity index (χ2n) is 4.89. The highest BCUT2D eigenvalue weighted by molar-refractivity contribution is 7.90. The largest absolute Gasteiger partial charge is 0.376 e. The number of amides is 1. The van der Waals surface area contributed by atoms with E-state index in [9.17, 15) is 13.2 Å². The first kappa shape index (κ1) is 16.5. The van der Waals surface area contributed by atoms with Crippen LogP contribution in [0.2, 0.25) is 0 Å². The Morgan fingerprint density at radius 1 is 1.13 bits per heavy atom. The monoisotopic (exact) mass is 329 g/mol. The summed E-state index contributed by atoms with van der Waals surface area (Å²) in [6.07, 6.45) is 1.14. The van der Waals surface area contributed by atoms with E-state index in [0.29, 0.717) is 16.9 Å². The van der Waals surface area contributed by atoms with Crippen molar-refractivity contribution in [3.05, 3.63) is 54.1 Å². The van der Waals surface area contributed by atoms with Gasteiger partial charge in [-0.15, -0.1) is 0 Å². The summed E-state index contributed by atoms with van der Waals surface area (Å²) in [7, 11) is -3.23. The lowest BCUT2D eigenvalue weighted by atomic mass is 10.2. The number of rotatable bonds is 5. The van der Waals surface area contributed by atoms with Crippen LogP contribution in [-0.2, 0) is 14.6 Å². The molecule has 0 heterocycles. The summed E-state index contributed by atoms with van der Waals surface area (Å²) in [5, 5.41) is 14.4. The molecule has 7 heteroatoms. The van der Waals surface area contributed by atoms with E-state index in [1.165, 1.54) is 12.1 Å². The summed E-state index contributed by atoms with van der Waals surface area (Å²) in [4.78, 5) is 12.1. The molecule has 0 atom stereocenters. The average Bonchev–Trinajstić information content (AvgIpc) is 2.52. The summed E-state index contributed by atoms with van der Waals surface area (Å²) >= 11 is 0. The molecule has 0 aliphatic heterocycles. The predicted octanol–water partition coefficient (Wildman–Crippen LogP) is 2.01. The molecule has 0 bridgehead atoms. The number of carbonyl (C=O) groups excluding carboxylic acids is 1. The Bertz CT molecular complexity index is 853. The zero-order chi connectivity index (χ0) is 16.9. The van der Waals surface area contributed by atoms with Gasteiger partial charge in [0.1, 0.15) is 0 Å². The van der Waals surface area contributed by atoms with Gasteiger partial charge in [0.25, 0.3) is 0 Å². The molecule has 0 aromatic heterocycles. The van der Waals surface area contributed by atoms with Crippen LogP contribution in [0.4, 0.5) is 11.4 Å². The number of hydrogen-bond donors (Lipinski definition) is 2. The normalized spacial score (nSPS) is 10.6. The average molecular weight is 329 g/mol. The molecule has 0 fully saturated rings. The standard InChI is InChI=1S/C16H15N3O3S/c1-23(21,22)15-7-5-13(6-8-15)18-11-16(20)19-14-4-2-3-12(9-14)10-17/h2-9,18H,11H2,1H3,(H,19,20). The molecular formula is C16H15N3O3S. The highest BCUT2D eigenvalue weighted by atomic mass is 32.2. The Labute approximate surface area is 134 Å². The molecule has 0 unspecified atom stereocenters. The minimum absolute atomic E-state index is 0.0228. The van der Waals surface area contributed by atoms with E-state index in [2.05, 4.69) is 10.6 Å². The van der Waals surface area contributed by atoms with Crippen molar-refractivity contribution in [1.29, 1.82) is 5.26 Å². The quantitative estimate of drug-likeness (QED) is 0.874. The zero-order valence-corrected chi connectivity index (χ0v) is 13.2. The van der Waals surface area contributed by atoms with Gasteiger partial charge in [0, 0.05) is 17.6 Å². The van der Waals surface area contributed by atoms with Crippen molar-refractivity contribution in [2.75, 3.05) is 23.4 Å². The van der Waals surface area contributed by atoms with Gasteiger partial charge in [-0.2, -0.15) is 5.26 Å². The van der Waals surface area contributed by atoms with Crippen LogP contribution in [0.1, 0.15) is 5.56 Å². The van der Waals surface area contributed by atoms with Crippen LogP contribution in [0.3, 0.4) is 0 Å². The Balaban J connectivity index is 1.93. The Morgan fingerprint density at radius 3 is 2.43 bits per heavy atom. The molecule has 2 aromatic carbocycles. The van der Waals surface area contributed by atoms with Gasteiger partial charge in [0.2, 0.25) is 5.91 Å². The second kappa shape index (κ2) is 6.94. The molecule has 0 aliphatic rings. The Morgan fingerprint density at radius 2 is 1.83 bits per heavy atom. The van der Waals surface area contributed by atoms with E-state index >= 15 is 0 Å². The highest BCUT2D eigenvalue weighted by Gasteiger charge is 2.07. The molecule has 118 valence electrons. The van der Waals surface area contributed by atoms with Gasteiger partial charge in [-0.25, -0.2) is 8.42 Å². The number of nitriles is 1. The SMILES string of the molecule is CS(=O)(=O)c1ccc(NCC(=O)Nc2cccc(C#N)c2)cc1. The predicted molar refractivity (Wildman–Crippen MR) is 87.8 cm³/mol. The van der Waals surface area contributed by atoms with Crippen molar-refractivity contribution < 1.29 is 13.2 Å². The van der Waals surface area contributed by atoms with Crippen molar-refractivity contribution in [2.24, 2.45) is 0 Å². The molecule has 2 N–H and O–H groups in total. The summed E-state index contributed by atoms with van der Waals surface area (Å²) < 4.78 is 22.7. The van der Waals surface area contributed by atoms with E-state index in [0.717, 1.165) is 6.26 Å². The van der Waals surface area contributed by atoms with E-state index in [-0.39, 0.29) is 17.3 Å². The Hall–Kier alpha value is -2.85. The van der Waals surface area contributed by atoms with Crippen LogP contribution < -0.4 is 10.6 Å². The number of benzene rings is 2. The van der Waals surface area contributed by atoms with E-state index in [1.54, 1.807) is 36.4 Å². The second-order valence-corrected chi connectivity index (χ2v) is 6.91. The maximum absolute atomic E-state index is 11.9. The fraction of sp³-hybridized carbons (Fsp3) is 0.125. The minimum Gasteiger partial charge on any atom is -0.376 e. The summed E-state index contributed by atoms with van der Waals surface area (Å²) in [6, 6.07) is 14.8. The smallest absolute Gasteiger partial charge is 0.243 e. The molecule has 0 spiro atoms. The lowest BCUT2D eigenvalue weighted by Gasteiger charge is -2.08. The number of nitrogens with one attached hydrogen (secondary N) is 2. The molecule has 6 nitrogen and oxygen atoms in total. The van der Waals surface area contributed by atoms with E-state index < -0.39 is 9.84 Å². The molecule has 0 saturated heterocycles. The number of hydrogen-bond acceptors (Lipinski definition) is 5. The van der Waals surface area contributed by atoms with Gasteiger partial charge in [0.15, 0.2) is 9.84 Å². The van der Waals surface area contributed by atoms with Crippen LogP contribution in [0.5, 0.6) is 0 Å². The first-order valence-electron chi connectivity index (χ1n) is 6.72. The van der Waals surface area contributed by atoms with Crippen molar-refractivity contribution in [2.45, 2.75) is 4.90 Å². The van der Waals surface area contributed by atoms with Crippen LogP contribution in [0.15, 0.2) is 53.4 Å². The van der Waals surface area contributed by atoms with Gasteiger partial charge in [0.05, 0.1) is 23.1 Å². The molecule has 2 aromatic rings. The van der Waals surface area contributed by atoms with Crippen molar-refractivity contribution in [1.82, 2.24) is 0 Å².